The molecule has 7 heteroatoms. The second-order valence-electron chi connectivity index (χ2n) is 6.50. The number of hydrogen-bond acceptors (Lipinski definition) is 4. The molecule has 0 radical (unpaired) electrons. The van der Waals surface area contributed by atoms with E-state index in [1.165, 1.54) is 0 Å². The number of anilines is 1. The first-order valence-corrected chi connectivity index (χ1v) is 9.42. The fourth-order valence-electron chi connectivity index (χ4n) is 3.03. The second kappa shape index (κ2) is 9.25. The van der Waals surface area contributed by atoms with Crippen LogP contribution in [0.1, 0.15) is 28.8 Å². The Labute approximate surface area is 168 Å². The molecule has 2 aromatic rings. The molecule has 1 fully saturated rings. The van der Waals surface area contributed by atoms with E-state index in [-0.39, 0.29) is 18.4 Å². The molecule has 0 aliphatic carbocycles. The van der Waals surface area contributed by atoms with Gasteiger partial charge in [0.15, 0.2) is 6.61 Å². The fraction of sp³-hybridized carbons (Fsp3) is 0.286. The van der Waals surface area contributed by atoms with Crippen LogP contribution in [-0.2, 0) is 11.2 Å². The molecule has 0 unspecified atom stereocenters. The van der Waals surface area contributed by atoms with E-state index >= 15 is 0 Å². The van der Waals surface area contributed by atoms with Crippen LogP contribution < -0.4 is 10.1 Å². The van der Waals surface area contributed by atoms with Gasteiger partial charge in [0, 0.05) is 18.1 Å². The van der Waals surface area contributed by atoms with Crippen molar-refractivity contribution >= 4 is 29.1 Å². The summed E-state index contributed by atoms with van der Waals surface area (Å²) in [6.07, 6.45) is 2.30. The number of ether oxygens (including phenoxy) is 1. The van der Waals surface area contributed by atoms with Crippen molar-refractivity contribution in [3.8, 4) is 11.8 Å². The van der Waals surface area contributed by atoms with Crippen molar-refractivity contribution in [1.82, 2.24) is 4.90 Å². The first-order valence-electron chi connectivity index (χ1n) is 9.04. The van der Waals surface area contributed by atoms with Crippen molar-refractivity contribution < 1.29 is 14.3 Å². The third-order valence-corrected chi connectivity index (χ3v) is 4.69. The van der Waals surface area contributed by atoms with Crippen LogP contribution in [0.15, 0.2) is 42.5 Å². The van der Waals surface area contributed by atoms with Gasteiger partial charge >= 0.3 is 0 Å². The van der Waals surface area contributed by atoms with Gasteiger partial charge in [0.1, 0.15) is 5.75 Å². The summed E-state index contributed by atoms with van der Waals surface area (Å²) < 4.78 is 5.48. The summed E-state index contributed by atoms with van der Waals surface area (Å²) in [4.78, 5) is 26.8. The number of carbonyl (C=O) groups excluding carboxylic acids is 2. The van der Waals surface area contributed by atoms with Crippen LogP contribution in [0.25, 0.3) is 0 Å². The molecule has 1 aliphatic heterocycles. The molecular weight excluding hydrogens is 378 g/mol. The molecule has 2 amide bonds. The average Bonchev–Trinajstić information content (AvgIpc) is 3.22. The van der Waals surface area contributed by atoms with Gasteiger partial charge in [0.25, 0.3) is 11.8 Å². The minimum atomic E-state index is -0.390. The summed E-state index contributed by atoms with van der Waals surface area (Å²) in [5, 5.41) is 11.8. The first-order chi connectivity index (χ1) is 13.6. The molecule has 1 N–H and O–H groups in total. The summed E-state index contributed by atoms with van der Waals surface area (Å²) in [5.74, 6) is 0.0219. The lowest BCUT2D eigenvalue weighted by molar-refractivity contribution is -0.118. The molecule has 0 saturated carbocycles. The third kappa shape index (κ3) is 5.02. The van der Waals surface area contributed by atoms with E-state index in [4.69, 9.17) is 21.6 Å². The van der Waals surface area contributed by atoms with Crippen LogP contribution in [0.2, 0.25) is 5.02 Å². The summed E-state index contributed by atoms with van der Waals surface area (Å²) >= 11 is 6.05. The fourth-order valence-corrected chi connectivity index (χ4v) is 3.20. The van der Waals surface area contributed by atoms with Gasteiger partial charge in [-0.2, -0.15) is 5.26 Å². The van der Waals surface area contributed by atoms with Crippen LogP contribution in [0.4, 0.5) is 5.69 Å². The molecule has 0 atom stereocenters. The highest BCUT2D eigenvalue weighted by Crippen LogP contribution is 2.24. The van der Waals surface area contributed by atoms with Crippen LogP contribution in [-0.4, -0.2) is 36.4 Å². The Morgan fingerprint density at radius 3 is 2.54 bits per heavy atom. The van der Waals surface area contributed by atoms with Crippen molar-refractivity contribution in [2.24, 2.45) is 0 Å². The lowest BCUT2D eigenvalue weighted by Gasteiger charge is -2.18. The molecular formula is C21H20ClN3O3. The van der Waals surface area contributed by atoms with Crippen LogP contribution in [0, 0.1) is 11.3 Å². The minimum absolute atomic E-state index is 0.113. The van der Waals surface area contributed by atoms with E-state index in [1.54, 1.807) is 47.4 Å². The molecule has 0 bridgehead atoms. The average molecular weight is 398 g/mol. The quantitative estimate of drug-likeness (QED) is 0.806. The molecule has 0 aromatic heterocycles. The molecule has 1 aliphatic rings. The largest absolute Gasteiger partial charge is 0.484 e. The number of nitrogens with zero attached hydrogens (tertiary/aromatic N) is 2. The van der Waals surface area contributed by atoms with Crippen molar-refractivity contribution in [3.05, 3.63) is 58.6 Å². The van der Waals surface area contributed by atoms with Gasteiger partial charge in [0.2, 0.25) is 0 Å². The van der Waals surface area contributed by atoms with Crippen molar-refractivity contribution in [3.63, 3.8) is 0 Å². The molecule has 3 rings (SSSR count). The number of nitrogens with one attached hydrogen (secondary N) is 1. The number of carbonyl (C=O) groups is 2. The highest BCUT2D eigenvalue weighted by Gasteiger charge is 2.22. The number of nitriles is 1. The Morgan fingerprint density at radius 2 is 1.86 bits per heavy atom. The Morgan fingerprint density at radius 1 is 1.14 bits per heavy atom. The van der Waals surface area contributed by atoms with E-state index in [1.807, 2.05) is 0 Å². The van der Waals surface area contributed by atoms with Gasteiger partial charge in [-0.1, -0.05) is 23.7 Å². The van der Waals surface area contributed by atoms with Gasteiger partial charge in [-0.15, -0.1) is 0 Å². The van der Waals surface area contributed by atoms with Crippen molar-refractivity contribution in [1.29, 1.82) is 5.26 Å². The van der Waals surface area contributed by atoms with E-state index < -0.39 is 0 Å². The highest BCUT2D eigenvalue weighted by atomic mass is 35.5. The number of rotatable bonds is 6. The summed E-state index contributed by atoms with van der Waals surface area (Å²) in [6.45, 7) is 1.24. The molecule has 1 saturated heterocycles. The zero-order valence-corrected chi connectivity index (χ0v) is 16.0. The third-order valence-electron chi connectivity index (χ3n) is 4.46. The van der Waals surface area contributed by atoms with E-state index in [9.17, 15) is 9.59 Å². The van der Waals surface area contributed by atoms with Crippen LogP contribution in [0.5, 0.6) is 5.75 Å². The Kier molecular flexibility index (Phi) is 6.51. The van der Waals surface area contributed by atoms with Gasteiger partial charge in [-0.25, -0.2) is 0 Å². The molecule has 6 nitrogen and oxygen atoms in total. The summed E-state index contributed by atoms with van der Waals surface area (Å²) in [5.41, 5.74) is 1.67. The van der Waals surface area contributed by atoms with E-state index in [2.05, 4.69) is 11.4 Å². The van der Waals surface area contributed by atoms with Gasteiger partial charge < -0.3 is 15.0 Å². The number of benzene rings is 2. The molecule has 144 valence electrons. The van der Waals surface area contributed by atoms with Crippen molar-refractivity contribution in [2.75, 3.05) is 25.0 Å². The number of halogens is 1. The monoisotopic (exact) mass is 397 g/mol. The topological polar surface area (TPSA) is 82.4 Å². The highest BCUT2D eigenvalue weighted by molar-refractivity contribution is 6.31. The lowest BCUT2D eigenvalue weighted by Crippen LogP contribution is -2.29. The lowest BCUT2D eigenvalue weighted by atomic mass is 10.1. The second-order valence-corrected chi connectivity index (χ2v) is 6.94. The maximum Gasteiger partial charge on any atom is 0.262 e. The summed E-state index contributed by atoms with van der Waals surface area (Å²) in [7, 11) is 0. The minimum Gasteiger partial charge on any atom is -0.484 e. The number of likely N-dealkylation sites (tertiary alicyclic amines) is 1. The molecule has 2 aromatic carbocycles. The van der Waals surface area contributed by atoms with Gasteiger partial charge in [0.05, 0.1) is 23.7 Å². The zero-order chi connectivity index (χ0) is 19.9. The SMILES string of the molecule is N#CCc1ccc(OCC(=O)Nc2cc(Cl)ccc2C(=O)N2CCCC2)cc1. The maximum atomic E-state index is 12.7. The normalized spacial score (nSPS) is 13.1. The van der Waals surface area contributed by atoms with Gasteiger partial charge in [-0.3, -0.25) is 9.59 Å². The van der Waals surface area contributed by atoms with Crippen LogP contribution >= 0.6 is 11.6 Å². The Bertz CT molecular complexity index is 900. The van der Waals surface area contributed by atoms with E-state index in [0.717, 1.165) is 31.5 Å². The van der Waals surface area contributed by atoms with Gasteiger partial charge in [-0.05, 0) is 48.7 Å². The number of amides is 2. The van der Waals surface area contributed by atoms with E-state index in [0.29, 0.717) is 28.4 Å². The smallest absolute Gasteiger partial charge is 0.262 e. The van der Waals surface area contributed by atoms with Crippen LogP contribution in [0.3, 0.4) is 0 Å². The molecule has 1 heterocycles. The Hall–Kier alpha value is -3.04. The maximum absolute atomic E-state index is 12.7. The predicted molar refractivity (Wildman–Crippen MR) is 106 cm³/mol. The Balaban J connectivity index is 1.63. The zero-order valence-electron chi connectivity index (χ0n) is 15.3. The van der Waals surface area contributed by atoms with Crippen molar-refractivity contribution in [2.45, 2.75) is 19.3 Å². The molecule has 28 heavy (non-hydrogen) atoms. The number of hydrogen-bond donors (Lipinski definition) is 1. The molecule has 0 spiro atoms. The predicted octanol–water partition coefficient (Wildman–Crippen LogP) is 3.66. The standard InChI is InChI=1S/C21H20ClN3O3/c22-16-5-8-18(21(27)25-11-1-2-12-25)19(13-16)24-20(26)14-28-17-6-3-15(4-7-17)9-10-23/h3-8,13H,1-2,9,11-12,14H2,(H,24,26). The summed E-state index contributed by atoms with van der Waals surface area (Å²) in [6, 6.07) is 13.9. The first kappa shape index (κ1) is 19.7.